The van der Waals surface area contributed by atoms with Gasteiger partial charge < -0.3 is 10.1 Å². The largest absolute Gasteiger partial charge is 0.493 e. The van der Waals surface area contributed by atoms with E-state index in [9.17, 15) is 0 Å². The van der Waals surface area contributed by atoms with E-state index in [0.717, 1.165) is 47.4 Å². The van der Waals surface area contributed by atoms with Crippen molar-refractivity contribution >= 4 is 34.5 Å². The maximum absolute atomic E-state index is 6.30. The summed E-state index contributed by atoms with van der Waals surface area (Å²) in [5, 5.41) is 7.14. The molecule has 0 bridgehead atoms. The van der Waals surface area contributed by atoms with Crippen LogP contribution in [0.15, 0.2) is 23.6 Å². The Morgan fingerprint density at radius 1 is 1.38 bits per heavy atom. The zero-order valence-electron chi connectivity index (χ0n) is 11.8. The molecule has 1 atom stereocenters. The third-order valence-electron chi connectivity index (χ3n) is 3.66. The molecule has 0 saturated carbocycles. The number of benzene rings is 1. The Bertz CT molecular complexity index is 641. The Kier molecular flexibility index (Phi) is 4.75. The molecule has 1 aromatic heterocycles. The fourth-order valence-electron chi connectivity index (χ4n) is 2.78. The van der Waals surface area contributed by atoms with Gasteiger partial charge in [-0.1, -0.05) is 30.1 Å². The summed E-state index contributed by atoms with van der Waals surface area (Å²) in [5.74, 6) is 1.01. The molecule has 1 aliphatic heterocycles. The average molecular weight is 342 g/mol. The highest BCUT2D eigenvalue weighted by atomic mass is 35.5. The monoisotopic (exact) mass is 341 g/mol. The molecule has 112 valence electrons. The van der Waals surface area contributed by atoms with Gasteiger partial charge in [-0.15, -0.1) is 11.3 Å². The van der Waals surface area contributed by atoms with E-state index in [2.05, 4.69) is 12.2 Å². The zero-order valence-corrected chi connectivity index (χ0v) is 14.1. The minimum atomic E-state index is 0.189. The minimum Gasteiger partial charge on any atom is -0.493 e. The van der Waals surface area contributed by atoms with E-state index in [1.54, 1.807) is 11.3 Å². The van der Waals surface area contributed by atoms with Crippen molar-refractivity contribution in [3.8, 4) is 5.75 Å². The molecule has 0 saturated heterocycles. The first kappa shape index (κ1) is 15.2. The summed E-state index contributed by atoms with van der Waals surface area (Å²) in [6.07, 6.45) is 1.77. The van der Waals surface area contributed by atoms with Gasteiger partial charge in [0.15, 0.2) is 0 Å². The lowest BCUT2D eigenvalue weighted by Gasteiger charge is -2.19. The summed E-state index contributed by atoms with van der Waals surface area (Å²) < 4.78 is 5.80. The molecule has 3 rings (SSSR count). The molecular weight excluding hydrogens is 325 g/mol. The number of rotatable bonds is 5. The number of hydrogen-bond acceptors (Lipinski definition) is 3. The van der Waals surface area contributed by atoms with Crippen LogP contribution in [0.1, 0.15) is 29.0 Å². The fourth-order valence-corrected chi connectivity index (χ4v) is 4.30. The quantitative estimate of drug-likeness (QED) is 0.836. The number of thiophene rings is 1. The second kappa shape index (κ2) is 6.57. The zero-order chi connectivity index (χ0) is 14.8. The van der Waals surface area contributed by atoms with Gasteiger partial charge in [-0.3, -0.25) is 0 Å². The van der Waals surface area contributed by atoms with E-state index in [4.69, 9.17) is 27.9 Å². The summed E-state index contributed by atoms with van der Waals surface area (Å²) in [6.45, 7) is 3.74. The fraction of sp³-hybridized carbons (Fsp3) is 0.375. The summed E-state index contributed by atoms with van der Waals surface area (Å²) in [4.78, 5) is 1.17. The number of hydrogen-bond donors (Lipinski definition) is 1. The highest BCUT2D eigenvalue weighted by Gasteiger charge is 2.22. The van der Waals surface area contributed by atoms with Crippen molar-refractivity contribution in [2.24, 2.45) is 0 Å². The van der Waals surface area contributed by atoms with Crippen LogP contribution in [0, 0.1) is 0 Å². The number of ether oxygens (including phenoxy) is 1. The topological polar surface area (TPSA) is 21.3 Å². The lowest BCUT2D eigenvalue weighted by Crippen LogP contribution is -2.22. The molecule has 0 fully saturated rings. The maximum Gasteiger partial charge on any atom is 0.125 e. The molecule has 1 N–H and O–H groups in total. The highest BCUT2D eigenvalue weighted by Crippen LogP contribution is 2.37. The highest BCUT2D eigenvalue weighted by molar-refractivity contribution is 7.10. The number of nitrogens with one attached hydrogen (secondary N) is 1. The first-order chi connectivity index (χ1) is 10.2. The normalized spacial score (nSPS) is 14.8. The van der Waals surface area contributed by atoms with Gasteiger partial charge in [0.2, 0.25) is 0 Å². The number of likely N-dealkylation sites (N-methyl/N-ethyl adjacent to an activating group) is 1. The summed E-state index contributed by atoms with van der Waals surface area (Å²) in [7, 11) is 0. The summed E-state index contributed by atoms with van der Waals surface area (Å²) in [6, 6.07) is 6.16. The predicted octanol–water partition coefficient (Wildman–Crippen LogP) is 4.88. The van der Waals surface area contributed by atoms with E-state index in [1.165, 1.54) is 10.4 Å². The molecule has 2 heterocycles. The second-order valence-corrected chi connectivity index (χ2v) is 6.89. The molecule has 2 nitrogen and oxygen atoms in total. The van der Waals surface area contributed by atoms with Crippen molar-refractivity contribution in [1.29, 1.82) is 0 Å². The van der Waals surface area contributed by atoms with Crippen molar-refractivity contribution in [3.63, 3.8) is 0 Å². The van der Waals surface area contributed by atoms with Crippen molar-refractivity contribution in [1.82, 2.24) is 5.32 Å². The van der Waals surface area contributed by atoms with Gasteiger partial charge in [0.1, 0.15) is 5.75 Å². The Labute approximate surface area is 139 Å². The van der Waals surface area contributed by atoms with E-state index in [0.29, 0.717) is 0 Å². The van der Waals surface area contributed by atoms with E-state index in [1.807, 2.05) is 23.6 Å². The van der Waals surface area contributed by atoms with Gasteiger partial charge in [0.25, 0.3) is 0 Å². The molecule has 2 aromatic rings. The summed E-state index contributed by atoms with van der Waals surface area (Å²) in [5.41, 5.74) is 2.37. The van der Waals surface area contributed by atoms with Crippen molar-refractivity contribution in [2.75, 3.05) is 13.2 Å². The predicted molar refractivity (Wildman–Crippen MR) is 90.1 cm³/mol. The lowest BCUT2D eigenvalue weighted by molar-refractivity contribution is 0.351. The van der Waals surface area contributed by atoms with Crippen molar-refractivity contribution in [3.05, 3.63) is 49.6 Å². The Balaban J connectivity index is 1.92. The lowest BCUT2D eigenvalue weighted by atomic mass is 10.0. The minimum absolute atomic E-state index is 0.189. The molecule has 21 heavy (non-hydrogen) atoms. The Morgan fingerprint density at radius 2 is 2.24 bits per heavy atom. The molecule has 1 unspecified atom stereocenters. The molecule has 0 aliphatic carbocycles. The van der Waals surface area contributed by atoms with E-state index in [-0.39, 0.29) is 6.04 Å². The Hall–Kier alpha value is -0.740. The Morgan fingerprint density at radius 3 is 2.95 bits per heavy atom. The van der Waals surface area contributed by atoms with Crippen LogP contribution in [0.3, 0.4) is 0 Å². The third-order valence-corrected chi connectivity index (χ3v) is 5.35. The molecule has 1 aromatic carbocycles. The van der Waals surface area contributed by atoms with Crippen LogP contribution in [0.5, 0.6) is 5.75 Å². The maximum atomic E-state index is 6.30. The molecular formula is C16H17Cl2NOS. The smallest absolute Gasteiger partial charge is 0.125 e. The van der Waals surface area contributed by atoms with Crippen LogP contribution in [0.25, 0.3) is 0 Å². The third kappa shape index (κ3) is 3.21. The molecule has 0 spiro atoms. The van der Waals surface area contributed by atoms with E-state index < -0.39 is 0 Å². The van der Waals surface area contributed by atoms with E-state index >= 15 is 0 Å². The molecule has 1 aliphatic rings. The molecule has 0 radical (unpaired) electrons. The number of fused-ring (bicyclic) bond motifs is 1. The van der Waals surface area contributed by atoms with Crippen molar-refractivity contribution < 1.29 is 4.74 Å². The van der Waals surface area contributed by atoms with Crippen LogP contribution in [0.4, 0.5) is 0 Å². The van der Waals surface area contributed by atoms with Crippen molar-refractivity contribution in [2.45, 2.75) is 25.8 Å². The first-order valence-electron chi connectivity index (χ1n) is 7.09. The van der Waals surface area contributed by atoms with Crippen LogP contribution < -0.4 is 10.1 Å². The molecule has 0 amide bonds. The number of halogens is 2. The van der Waals surface area contributed by atoms with Gasteiger partial charge in [-0.05, 0) is 47.7 Å². The second-order valence-electron chi connectivity index (χ2n) is 5.10. The van der Waals surface area contributed by atoms with Gasteiger partial charge in [-0.2, -0.15) is 0 Å². The van der Waals surface area contributed by atoms with Gasteiger partial charge >= 0.3 is 0 Å². The van der Waals surface area contributed by atoms with Gasteiger partial charge in [-0.25, -0.2) is 0 Å². The standard InChI is InChI=1S/C16H17Cl2NOS/c1-2-19-14(16-13(18)4-6-21-16)9-11-8-12(17)7-10-3-5-20-15(10)11/h4,6-8,14,19H,2-3,5,9H2,1H3. The van der Waals surface area contributed by atoms with Gasteiger partial charge in [0, 0.05) is 22.4 Å². The first-order valence-corrected chi connectivity index (χ1v) is 8.73. The SMILES string of the molecule is CCNC(Cc1cc(Cl)cc2c1OCC2)c1sccc1Cl. The average Bonchev–Trinajstić information content (AvgIpc) is 3.06. The van der Waals surface area contributed by atoms with Crippen LogP contribution in [-0.4, -0.2) is 13.2 Å². The van der Waals surface area contributed by atoms with Gasteiger partial charge in [0.05, 0.1) is 11.6 Å². The van der Waals surface area contributed by atoms with Crippen LogP contribution >= 0.6 is 34.5 Å². The summed E-state index contributed by atoms with van der Waals surface area (Å²) >= 11 is 14.2. The van der Waals surface area contributed by atoms with Crippen LogP contribution in [-0.2, 0) is 12.8 Å². The molecule has 5 heteroatoms. The van der Waals surface area contributed by atoms with Crippen LogP contribution in [0.2, 0.25) is 10.0 Å².